The van der Waals surface area contributed by atoms with Crippen molar-refractivity contribution in [3.63, 3.8) is 0 Å². The van der Waals surface area contributed by atoms with Gasteiger partial charge in [-0.3, -0.25) is 4.79 Å². The normalized spacial score (nSPS) is 12.7. The second-order valence-electron chi connectivity index (χ2n) is 4.80. The highest BCUT2D eigenvalue weighted by atomic mass is 32.2. The van der Waals surface area contributed by atoms with E-state index in [9.17, 15) is 18.3 Å². The molecule has 0 saturated carbocycles. The first-order valence-corrected chi connectivity index (χ1v) is 7.41. The fourth-order valence-electron chi connectivity index (χ4n) is 1.94. The highest BCUT2D eigenvalue weighted by molar-refractivity contribution is 7.89. The van der Waals surface area contributed by atoms with E-state index in [0.717, 1.165) is 4.31 Å². The van der Waals surface area contributed by atoms with Crippen molar-refractivity contribution in [2.24, 2.45) is 0 Å². The van der Waals surface area contributed by atoms with Gasteiger partial charge < -0.3 is 5.11 Å². The summed E-state index contributed by atoms with van der Waals surface area (Å²) in [7, 11) is -3.83. The average molecular weight is 285 g/mol. The van der Waals surface area contributed by atoms with Gasteiger partial charge in [0.1, 0.15) is 5.54 Å². The van der Waals surface area contributed by atoms with Gasteiger partial charge in [-0.05, 0) is 32.4 Å². The molecule has 1 aromatic carbocycles. The molecule has 0 unspecified atom stereocenters. The van der Waals surface area contributed by atoms with E-state index in [2.05, 4.69) is 0 Å². The number of aliphatic carboxylic acids is 1. The number of carbonyl (C=O) groups is 1. The van der Waals surface area contributed by atoms with E-state index in [1.165, 1.54) is 19.9 Å². The van der Waals surface area contributed by atoms with Gasteiger partial charge in [-0.15, -0.1) is 0 Å². The summed E-state index contributed by atoms with van der Waals surface area (Å²) in [5.74, 6) is -1.17. The SMILES string of the molecule is CCN(C(C)(C)C(=O)O)S(=O)(=O)c1ccccc1C. The number of carboxylic acid groups (broad SMARTS) is 1. The quantitative estimate of drug-likeness (QED) is 0.896. The van der Waals surface area contributed by atoms with Crippen molar-refractivity contribution in [3.8, 4) is 0 Å². The van der Waals surface area contributed by atoms with E-state index in [-0.39, 0.29) is 11.4 Å². The maximum atomic E-state index is 12.6. The molecule has 0 radical (unpaired) electrons. The molecule has 0 heterocycles. The number of aryl methyl sites for hydroxylation is 1. The predicted octanol–water partition coefficient (Wildman–Crippen LogP) is 1.87. The second-order valence-corrected chi connectivity index (χ2v) is 6.63. The minimum absolute atomic E-state index is 0.0932. The number of hydrogen-bond donors (Lipinski definition) is 1. The van der Waals surface area contributed by atoms with E-state index in [4.69, 9.17) is 0 Å². The van der Waals surface area contributed by atoms with E-state index < -0.39 is 21.5 Å². The molecule has 1 rings (SSSR count). The van der Waals surface area contributed by atoms with Gasteiger partial charge in [0.15, 0.2) is 0 Å². The first-order valence-electron chi connectivity index (χ1n) is 5.97. The van der Waals surface area contributed by atoms with Gasteiger partial charge in [0.05, 0.1) is 4.90 Å². The first kappa shape index (κ1) is 15.7. The highest BCUT2D eigenvalue weighted by Crippen LogP contribution is 2.26. The van der Waals surface area contributed by atoms with Crippen LogP contribution in [0, 0.1) is 6.92 Å². The Kier molecular flexibility index (Phi) is 4.37. The van der Waals surface area contributed by atoms with Crippen LogP contribution in [0.3, 0.4) is 0 Å². The number of carboxylic acids is 1. The van der Waals surface area contributed by atoms with Crippen LogP contribution in [0.5, 0.6) is 0 Å². The maximum absolute atomic E-state index is 12.6. The molecule has 0 aliphatic heterocycles. The zero-order valence-corrected chi connectivity index (χ0v) is 12.4. The van der Waals surface area contributed by atoms with Crippen LogP contribution >= 0.6 is 0 Å². The molecule has 6 heteroatoms. The third-order valence-corrected chi connectivity index (χ3v) is 5.40. The Morgan fingerprint density at radius 3 is 2.26 bits per heavy atom. The Morgan fingerprint density at radius 2 is 1.84 bits per heavy atom. The molecular weight excluding hydrogens is 266 g/mol. The summed E-state index contributed by atoms with van der Waals surface area (Å²) in [5.41, 5.74) is -0.891. The number of likely N-dealkylation sites (N-methyl/N-ethyl adjacent to an activating group) is 1. The minimum atomic E-state index is -3.83. The van der Waals surface area contributed by atoms with Crippen molar-refractivity contribution in [2.45, 2.75) is 38.1 Å². The molecule has 19 heavy (non-hydrogen) atoms. The van der Waals surface area contributed by atoms with E-state index in [0.29, 0.717) is 5.56 Å². The lowest BCUT2D eigenvalue weighted by molar-refractivity contribution is -0.146. The fraction of sp³-hybridized carbons (Fsp3) is 0.462. The van der Waals surface area contributed by atoms with Gasteiger partial charge in [0.25, 0.3) is 0 Å². The Morgan fingerprint density at radius 1 is 1.32 bits per heavy atom. The Balaban J connectivity index is 3.41. The number of nitrogens with zero attached hydrogens (tertiary/aromatic N) is 1. The molecule has 106 valence electrons. The second kappa shape index (κ2) is 5.30. The van der Waals surface area contributed by atoms with Crippen LogP contribution in [0.4, 0.5) is 0 Å². The zero-order valence-electron chi connectivity index (χ0n) is 11.5. The Hall–Kier alpha value is -1.40. The predicted molar refractivity (Wildman–Crippen MR) is 72.5 cm³/mol. The summed E-state index contributed by atoms with van der Waals surface area (Å²) in [4.78, 5) is 11.4. The van der Waals surface area contributed by atoms with Crippen molar-refractivity contribution in [3.05, 3.63) is 29.8 Å². The van der Waals surface area contributed by atoms with Crippen LogP contribution in [0.2, 0.25) is 0 Å². The molecule has 1 aromatic rings. The monoisotopic (exact) mass is 285 g/mol. The molecule has 0 aliphatic carbocycles. The van der Waals surface area contributed by atoms with Crippen LogP contribution in [0.1, 0.15) is 26.3 Å². The number of sulfonamides is 1. The number of rotatable bonds is 5. The van der Waals surface area contributed by atoms with E-state index >= 15 is 0 Å². The Bertz CT molecular complexity index is 578. The van der Waals surface area contributed by atoms with Crippen LogP contribution < -0.4 is 0 Å². The van der Waals surface area contributed by atoms with Crippen LogP contribution in [-0.4, -0.2) is 35.9 Å². The van der Waals surface area contributed by atoms with Crippen molar-refractivity contribution in [1.82, 2.24) is 4.31 Å². The molecule has 0 aliphatic rings. The zero-order chi connectivity index (χ0) is 14.8. The summed E-state index contributed by atoms with van der Waals surface area (Å²) in [5, 5.41) is 9.22. The van der Waals surface area contributed by atoms with Crippen molar-refractivity contribution in [1.29, 1.82) is 0 Å². The topological polar surface area (TPSA) is 74.7 Å². The molecular formula is C13H19NO4S. The lowest BCUT2D eigenvalue weighted by atomic mass is 10.1. The third kappa shape index (κ3) is 2.79. The van der Waals surface area contributed by atoms with E-state index in [1.54, 1.807) is 32.0 Å². The molecule has 0 saturated heterocycles. The third-order valence-electron chi connectivity index (χ3n) is 3.10. The summed E-state index contributed by atoms with van der Waals surface area (Å²) in [6.45, 7) is 6.17. The molecule has 5 nitrogen and oxygen atoms in total. The standard InChI is InChI=1S/C13H19NO4S/c1-5-14(13(3,4)12(15)16)19(17,18)11-9-7-6-8-10(11)2/h6-9H,5H2,1-4H3,(H,15,16). The van der Waals surface area contributed by atoms with Crippen molar-refractivity contribution < 1.29 is 18.3 Å². The van der Waals surface area contributed by atoms with Crippen LogP contribution in [0.15, 0.2) is 29.2 Å². The molecule has 0 fully saturated rings. The van der Waals surface area contributed by atoms with Gasteiger partial charge in [0, 0.05) is 6.54 Å². The van der Waals surface area contributed by atoms with Gasteiger partial charge >= 0.3 is 5.97 Å². The number of benzene rings is 1. The van der Waals surface area contributed by atoms with Gasteiger partial charge in [0.2, 0.25) is 10.0 Å². The first-order chi connectivity index (χ1) is 8.65. The van der Waals surface area contributed by atoms with Crippen molar-refractivity contribution >= 4 is 16.0 Å². The molecule has 0 bridgehead atoms. The smallest absolute Gasteiger partial charge is 0.324 e. The van der Waals surface area contributed by atoms with Gasteiger partial charge in [-0.2, -0.15) is 4.31 Å². The molecule has 0 aromatic heterocycles. The molecule has 0 spiro atoms. The maximum Gasteiger partial charge on any atom is 0.324 e. The minimum Gasteiger partial charge on any atom is -0.480 e. The van der Waals surface area contributed by atoms with Gasteiger partial charge in [-0.1, -0.05) is 25.1 Å². The van der Waals surface area contributed by atoms with Crippen molar-refractivity contribution in [2.75, 3.05) is 6.54 Å². The van der Waals surface area contributed by atoms with E-state index in [1.807, 2.05) is 0 Å². The lowest BCUT2D eigenvalue weighted by Crippen LogP contribution is -2.52. The highest BCUT2D eigenvalue weighted by Gasteiger charge is 2.42. The molecule has 0 atom stereocenters. The van der Waals surface area contributed by atoms with Gasteiger partial charge in [-0.25, -0.2) is 8.42 Å². The summed E-state index contributed by atoms with van der Waals surface area (Å²) < 4.78 is 26.2. The Labute approximate surface area is 113 Å². The average Bonchev–Trinajstić information content (AvgIpc) is 2.29. The summed E-state index contributed by atoms with van der Waals surface area (Å²) in [6, 6.07) is 6.55. The molecule has 1 N–H and O–H groups in total. The van der Waals surface area contributed by atoms with Crippen LogP contribution in [-0.2, 0) is 14.8 Å². The van der Waals surface area contributed by atoms with Crippen LogP contribution in [0.25, 0.3) is 0 Å². The lowest BCUT2D eigenvalue weighted by Gasteiger charge is -2.33. The summed E-state index contributed by atoms with van der Waals surface area (Å²) >= 11 is 0. The fourth-order valence-corrected chi connectivity index (χ4v) is 3.92. The molecule has 0 amide bonds. The number of hydrogen-bond acceptors (Lipinski definition) is 3. The summed E-state index contributed by atoms with van der Waals surface area (Å²) in [6.07, 6.45) is 0. The largest absolute Gasteiger partial charge is 0.480 e.